The highest BCUT2D eigenvalue weighted by Gasteiger charge is 2.40. The van der Waals surface area contributed by atoms with Crippen LogP contribution in [0.5, 0.6) is 0 Å². The van der Waals surface area contributed by atoms with Crippen LogP contribution in [0, 0.1) is 17.1 Å². The van der Waals surface area contributed by atoms with Crippen molar-refractivity contribution in [2.75, 3.05) is 19.6 Å². The van der Waals surface area contributed by atoms with Crippen LogP contribution in [0.4, 0.5) is 4.39 Å². The Labute approximate surface area is 162 Å². The number of allylic oxidation sites excluding steroid dienone is 1. The SMILES string of the molecule is CC/C=C1/N=C(NCc2ccc(F)c(C#N)c2)C=C2N1CC1CNC(=O)CN21. The first kappa shape index (κ1) is 18.0. The molecule has 1 aromatic rings. The molecule has 3 aliphatic heterocycles. The minimum atomic E-state index is -0.521. The number of nitrogens with zero attached hydrogens (tertiary/aromatic N) is 4. The molecule has 1 unspecified atom stereocenters. The number of carbonyl (C=O) groups is 1. The van der Waals surface area contributed by atoms with Crippen molar-refractivity contribution in [1.82, 2.24) is 20.4 Å². The standard InChI is InChI=1S/C20H21FN6O/c1-2-3-18-25-17(23-9-13-4-5-16(21)14(6-13)8-22)7-20-26-12-19(28)24-10-15(26)11-27(18)20/h3-7,15H,2,9-12H2,1H3,(H,23,25)(H,24,28)/b18-3-. The summed E-state index contributed by atoms with van der Waals surface area (Å²) in [6, 6.07) is 6.57. The largest absolute Gasteiger partial charge is 0.366 e. The summed E-state index contributed by atoms with van der Waals surface area (Å²) in [6.07, 6.45) is 4.86. The van der Waals surface area contributed by atoms with Crippen LogP contribution in [0.1, 0.15) is 24.5 Å². The van der Waals surface area contributed by atoms with Crippen LogP contribution in [0.2, 0.25) is 0 Å². The van der Waals surface area contributed by atoms with Gasteiger partial charge in [0, 0.05) is 25.7 Å². The van der Waals surface area contributed by atoms with Crippen molar-refractivity contribution in [2.45, 2.75) is 25.9 Å². The summed E-state index contributed by atoms with van der Waals surface area (Å²) in [7, 11) is 0. The molecule has 2 N–H and O–H groups in total. The molecular formula is C20H21FN6O. The molecule has 3 aliphatic rings. The van der Waals surface area contributed by atoms with Crippen molar-refractivity contribution >= 4 is 11.7 Å². The van der Waals surface area contributed by atoms with E-state index in [1.54, 1.807) is 6.07 Å². The molecule has 1 amide bonds. The van der Waals surface area contributed by atoms with Gasteiger partial charge < -0.3 is 20.4 Å². The first-order valence-electron chi connectivity index (χ1n) is 9.33. The quantitative estimate of drug-likeness (QED) is 0.828. The summed E-state index contributed by atoms with van der Waals surface area (Å²) in [6.45, 7) is 4.23. The summed E-state index contributed by atoms with van der Waals surface area (Å²) in [5.41, 5.74) is 0.822. The van der Waals surface area contributed by atoms with E-state index in [4.69, 9.17) is 10.3 Å². The number of piperazine rings is 1. The van der Waals surface area contributed by atoms with Crippen molar-refractivity contribution in [3.63, 3.8) is 0 Å². The average molecular weight is 380 g/mol. The monoisotopic (exact) mass is 380 g/mol. The number of rotatable bonds is 3. The van der Waals surface area contributed by atoms with Crippen molar-refractivity contribution < 1.29 is 9.18 Å². The van der Waals surface area contributed by atoms with E-state index in [1.807, 2.05) is 12.1 Å². The van der Waals surface area contributed by atoms with Gasteiger partial charge in [0.15, 0.2) is 0 Å². The van der Waals surface area contributed by atoms with Gasteiger partial charge >= 0.3 is 0 Å². The third-order valence-corrected chi connectivity index (χ3v) is 5.04. The second kappa shape index (κ2) is 7.35. The summed E-state index contributed by atoms with van der Waals surface area (Å²) < 4.78 is 13.5. The molecule has 0 bridgehead atoms. The van der Waals surface area contributed by atoms with Gasteiger partial charge in [-0.05, 0) is 30.2 Å². The van der Waals surface area contributed by atoms with E-state index >= 15 is 0 Å². The zero-order chi connectivity index (χ0) is 19.7. The lowest BCUT2D eigenvalue weighted by atomic mass is 10.1. The van der Waals surface area contributed by atoms with E-state index in [2.05, 4.69) is 33.4 Å². The number of nitriles is 1. The van der Waals surface area contributed by atoms with Crippen LogP contribution >= 0.6 is 0 Å². The summed E-state index contributed by atoms with van der Waals surface area (Å²) in [5.74, 6) is 2.01. The predicted octanol–water partition coefficient (Wildman–Crippen LogP) is 1.41. The smallest absolute Gasteiger partial charge is 0.239 e. The van der Waals surface area contributed by atoms with Crippen LogP contribution in [-0.4, -0.2) is 47.2 Å². The highest BCUT2D eigenvalue weighted by molar-refractivity contribution is 5.95. The number of amides is 1. The van der Waals surface area contributed by atoms with Gasteiger partial charge in [-0.3, -0.25) is 4.79 Å². The number of amidine groups is 1. The zero-order valence-electron chi connectivity index (χ0n) is 15.6. The molecule has 3 heterocycles. The molecule has 0 radical (unpaired) electrons. The lowest BCUT2D eigenvalue weighted by molar-refractivity contribution is -0.124. The van der Waals surface area contributed by atoms with Crippen LogP contribution in [-0.2, 0) is 11.3 Å². The molecule has 0 aliphatic carbocycles. The van der Waals surface area contributed by atoms with Gasteiger partial charge in [0.05, 0.1) is 18.2 Å². The lowest BCUT2D eigenvalue weighted by Crippen LogP contribution is -2.51. The Kier molecular flexibility index (Phi) is 4.74. The molecular weight excluding hydrogens is 359 g/mol. The maximum absolute atomic E-state index is 13.5. The van der Waals surface area contributed by atoms with Gasteiger partial charge in [0.1, 0.15) is 29.4 Å². The third-order valence-electron chi connectivity index (χ3n) is 5.04. The van der Waals surface area contributed by atoms with Gasteiger partial charge in [0.25, 0.3) is 0 Å². The average Bonchev–Trinajstić information content (AvgIpc) is 3.06. The van der Waals surface area contributed by atoms with E-state index in [-0.39, 0.29) is 17.5 Å². The molecule has 2 saturated heterocycles. The first-order valence-corrected chi connectivity index (χ1v) is 9.33. The fourth-order valence-corrected chi connectivity index (χ4v) is 3.67. The fourth-order valence-electron chi connectivity index (χ4n) is 3.67. The lowest BCUT2D eigenvalue weighted by Gasteiger charge is -2.32. The van der Waals surface area contributed by atoms with Crippen molar-refractivity contribution in [1.29, 1.82) is 5.26 Å². The van der Waals surface area contributed by atoms with E-state index in [0.29, 0.717) is 25.5 Å². The van der Waals surface area contributed by atoms with E-state index in [0.717, 1.165) is 30.2 Å². The molecule has 2 fully saturated rings. The van der Waals surface area contributed by atoms with Gasteiger partial charge in [-0.2, -0.15) is 5.26 Å². The van der Waals surface area contributed by atoms with Crippen LogP contribution in [0.25, 0.3) is 0 Å². The second-order valence-electron chi connectivity index (χ2n) is 6.95. The Morgan fingerprint density at radius 1 is 1.50 bits per heavy atom. The first-order chi connectivity index (χ1) is 13.6. The van der Waals surface area contributed by atoms with Crippen LogP contribution in [0.15, 0.2) is 47.0 Å². The normalized spacial score (nSPS) is 22.1. The molecule has 1 aromatic carbocycles. The second-order valence-corrected chi connectivity index (χ2v) is 6.95. The maximum Gasteiger partial charge on any atom is 0.239 e. The van der Waals surface area contributed by atoms with E-state index in [9.17, 15) is 9.18 Å². The molecule has 28 heavy (non-hydrogen) atoms. The molecule has 0 aromatic heterocycles. The number of hydrogen-bond acceptors (Lipinski definition) is 6. The number of aliphatic imine (C=N–C) groups is 1. The van der Waals surface area contributed by atoms with Crippen LogP contribution < -0.4 is 10.6 Å². The minimum Gasteiger partial charge on any atom is -0.366 e. The number of carbonyl (C=O) groups excluding carboxylic acids is 1. The number of hydrogen-bond donors (Lipinski definition) is 2. The minimum absolute atomic E-state index is 0.0207. The van der Waals surface area contributed by atoms with Gasteiger partial charge in [-0.15, -0.1) is 0 Å². The Morgan fingerprint density at radius 2 is 2.36 bits per heavy atom. The summed E-state index contributed by atoms with van der Waals surface area (Å²) >= 11 is 0. The fraction of sp³-hybridized carbons (Fsp3) is 0.350. The highest BCUT2D eigenvalue weighted by Crippen LogP contribution is 2.32. The maximum atomic E-state index is 13.5. The van der Waals surface area contributed by atoms with Crippen molar-refractivity contribution in [3.8, 4) is 6.07 Å². The van der Waals surface area contributed by atoms with Gasteiger partial charge in [0.2, 0.25) is 5.91 Å². The molecule has 4 rings (SSSR count). The summed E-state index contributed by atoms with van der Waals surface area (Å²) in [5, 5.41) is 15.2. The van der Waals surface area contributed by atoms with E-state index < -0.39 is 5.82 Å². The topological polar surface area (TPSA) is 83.8 Å². The molecule has 0 saturated carbocycles. The predicted molar refractivity (Wildman–Crippen MR) is 102 cm³/mol. The number of nitrogens with one attached hydrogen (secondary N) is 2. The summed E-state index contributed by atoms with van der Waals surface area (Å²) in [4.78, 5) is 20.8. The Morgan fingerprint density at radius 3 is 3.14 bits per heavy atom. The molecule has 1 atom stereocenters. The van der Waals surface area contributed by atoms with Crippen molar-refractivity contribution in [3.05, 3.63) is 58.9 Å². The Hall–Kier alpha value is -3.34. The highest BCUT2D eigenvalue weighted by atomic mass is 19.1. The van der Waals surface area contributed by atoms with Crippen molar-refractivity contribution in [2.24, 2.45) is 4.99 Å². The number of benzene rings is 1. The van der Waals surface area contributed by atoms with Gasteiger partial charge in [-0.1, -0.05) is 13.0 Å². The number of fused-ring (bicyclic) bond motifs is 3. The third kappa shape index (κ3) is 3.31. The zero-order valence-corrected chi connectivity index (χ0v) is 15.6. The molecule has 144 valence electrons. The Balaban J connectivity index is 1.57. The van der Waals surface area contributed by atoms with E-state index in [1.165, 1.54) is 12.1 Å². The van der Waals surface area contributed by atoms with Crippen LogP contribution in [0.3, 0.4) is 0 Å². The number of halogens is 1. The molecule has 8 heteroatoms. The molecule has 0 spiro atoms. The Bertz CT molecular complexity index is 945. The molecule has 7 nitrogen and oxygen atoms in total. The van der Waals surface area contributed by atoms with Gasteiger partial charge in [-0.25, -0.2) is 9.38 Å².